The summed E-state index contributed by atoms with van der Waals surface area (Å²) >= 11 is 7.73. The van der Waals surface area contributed by atoms with Crippen LogP contribution in [0, 0.1) is 0 Å². The van der Waals surface area contributed by atoms with Crippen molar-refractivity contribution in [3.63, 3.8) is 0 Å². The minimum absolute atomic E-state index is 0.0604. The molecule has 0 radical (unpaired) electrons. The normalized spacial score (nSPS) is 10.3. The molecule has 0 aromatic heterocycles. The van der Waals surface area contributed by atoms with E-state index in [4.69, 9.17) is 11.6 Å². The van der Waals surface area contributed by atoms with Crippen molar-refractivity contribution in [1.82, 2.24) is 4.90 Å². The molecule has 0 N–H and O–H groups in total. The molecule has 1 amide bonds. The molecule has 0 saturated carbocycles. The van der Waals surface area contributed by atoms with Gasteiger partial charge in [0.15, 0.2) is 0 Å². The Morgan fingerprint density at radius 2 is 1.90 bits per heavy atom. The SMILES string of the molecule is CSc1ccc(Cl)c(C(=O)N(C)Cc2ccccc2)c1. The van der Waals surface area contributed by atoms with E-state index in [2.05, 4.69) is 0 Å². The minimum Gasteiger partial charge on any atom is -0.337 e. The molecule has 2 aromatic rings. The predicted molar refractivity (Wildman–Crippen MR) is 85.5 cm³/mol. The maximum absolute atomic E-state index is 12.5. The van der Waals surface area contributed by atoms with Crippen LogP contribution in [0.25, 0.3) is 0 Å². The zero-order valence-electron chi connectivity index (χ0n) is 11.5. The largest absolute Gasteiger partial charge is 0.337 e. The fourth-order valence-corrected chi connectivity index (χ4v) is 2.57. The van der Waals surface area contributed by atoms with Gasteiger partial charge in [-0.1, -0.05) is 41.9 Å². The number of carbonyl (C=O) groups excluding carboxylic acids is 1. The molecule has 2 rings (SSSR count). The average molecular weight is 306 g/mol. The zero-order valence-corrected chi connectivity index (χ0v) is 13.0. The summed E-state index contributed by atoms with van der Waals surface area (Å²) in [6.07, 6.45) is 1.98. The van der Waals surface area contributed by atoms with Crippen molar-refractivity contribution in [3.8, 4) is 0 Å². The monoisotopic (exact) mass is 305 g/mol. The van der Waals surface area contributed by atoms with Crippen molar-refractivity contribution in [1.29, 1.82) is 0 Å². The molecule has 0 bridgehead atoms. The van der Waals surface area contributed by atoms with Gasteiger partial charge >= 0.3 is 0 Å². The van der Waals surface area contributed by atoms with Crippen LogP contribution in [0.2, 0.25) is 5.02 Å². The first-order valence-electron chi connectivity index (χ1n) is 6.24. The Morgan fingerprint density at radius 1 is 1.20 bits per heavy atom. The molecule has 0 heterocycles. The molecule has 2 aromatic carbocycles. The van der Waals surface area contributed by atoms with E-state index in [1.807, 2.05) is 48.7 Å². The number of halogens is 1. The van der Waals surface area contributed by atoms with Crippen LogP contribution in [-0.2, 0) is 6.54 Å². The summed E-state index contributed by atoms with van der Waals surface area (Å²) in [5.74, 6) is -0.0604. The Labute approximate surface area is 128 Å². The standard InChI is InChI=1S/C16H16ClNOS/c1-18(11-12-6-4-3-5-7-12)16(19)14-10-13(20-2)8-9-15(14)17/h3-10H,11H2,1-2H3. The fourth-order valence-electron chi connectivity index (χ4n) is 1.93. The summed E-state index contributed by atoms with van der Waals surface area (Å²) < 4.78 is 0. The Balaban J connectivity index is 2.18. The molecular weight excluding hydrogens is 290 g/mol. The molecule has 0 aliphatic heterocycles. The number of thioether (sulfide) groups is 1. The van der Waals surface area contributed by atoms with Gasteiger partial charge < -0.3 is 4.90 Å². The van der Waals surface area contributed by atoms with E-state index in [0.717, 1.165) is 10.5 Å². The highest BCUT2D eigenvalue weighted by molar-refractivity contribution is 7.98. The second kappa shape index (κ2) is 6.82. The van der Waals surface area contributed by atoms with Crippen molar-refractivity contribution < 1.29 is 4.79 Å². The minimum atomic E-state index is -0.0604. The lowest BCUT2D eigenvalue weighted by Gasteiger charge is -2.18. The van der Waals surface area contributed by atoms with E-state index in [0.29, 0.717) is 17.1 Å². The lowest BCUT2D eigenvalue weighted by atomic mass is 10.1. The van der Waals surface area contributed by atoms with Gasteiger partial charge in [-0.05, 0) is 30.0 Å². The summed E-state index contributed by atoms with van der Waals surface area (Å²) in [6, 6.07) is 15.4. The third-order valence-corrected chi connectivity index (χ3v) is 4.07. The summed E-state index contributed by atoms with van der Waals surface area (Å²) in [4.78, 5) is 15.2. The van der Waals surface area contributed by atoms with Crippen molar-refractivity contribution in [2.24, 2.45) is 0 Å². The molecule has 0 atom stereocenters. The molecule has 0 saturated heterocycles. The van der Waals surface area contributed by atoms with E-state index < -0.39 is 0 Å². The molecule has 4 heteroatoms. The highest BCUT2D eigenvalue weighted by Gasteiger charge is 2.15. The molecule has 0 aliphatic rings. The summed E-state index contributed by atoms with van der Waals surface area (Å²) in [7, 11) is 1.79. The van der Waals surface area contributed by atoms with Crippen molar-refractivity contribution >= 4 is 29.3 Å². The van der Waals surface area contributed by atoms with E-state index in [-0.39, 0.29) is 5.91 Å². The maximum Gasteiger partial charge on any atom is 0.255 e. The number of benzene rings is 2. The highest BCUT2D eigenvalue weighted by atomic mass is 35.5. The first-order chi connectivity index (χ1) is 9.61. The van der Waals surface area contributed by atoms with Crippen LogP contribution in [0.4, 0.5) is 0 Å². The van der Waals surface area contributed by atoms with Crippen molar-refractivity contribution in [2.45, 2.75) is 11.4 Å². The summed E-state index contributed by atoms with van der Waals surface area (Å²) in [6.45, 7) is 0.569. The quantitative estimate of drug-likeness (QED) is 0.783. The Kier molecular flexibility index (Phi) is 5.10. The molecule has 0 spiro atoms. The summed E-state index contributed by atoms with van der Waals surface area (Å²) in [5.41, 5.74) is 1.65. The van der Waals surface area contributed by atoms with Crippen LogP contribution < -0.4 is 0 Å². The van der Waals surface area contributed by atoms with E-state index in [9.17, 15) is 4.79 Å². The third-order valence-electron chi connectivity index (χ3n) is 3.01. The fraction of sp³-hybridized carbons (Fsp3) is 0.188. The van der Waals surface area contributed by atoms with E-state index in [1.165, 1.54) is 0 Å². The van der Waals surface area contributed by atoms with E-state index in [1.54, 1.807) is 29.8 Å². The molecule has 0 unspecified atom stereocenters. The number of rotatable bonds is 4. The number of nitrogens with zero attached hydrogens (tertiary/aromatic N) is 1. The lowest BCUT2D eigenvalue weighted by Crippen LogP contribution is -2.26. The van der Waals surface area contributed by atoms with Gasteiger partial charge in [0, 0.05) is 18.5 Å². The van der Waals surface area contributed by atoms with E-state index >= 15 is 0 Å². The number of hydrogen-bond donors (Lipinski definition) is 0. The van der Waals surface area contributed by atoms with Gasteiger partial charge in [-0.3, -0.25) is 4.79 Å². The smallest absolute Gasteiger partial charge is 0.255 e. The Morgan fingerprint density at radius 3 is 2.55 bits per heavy atom. The zero-order chi connectivity index (χ0) is 14.5. The van der Waals surface area contributed by atoms with Gasteiger partial charge in [0.25, 0.3) is 5.91 Å². The van der Waals surface area contributed by atoms with Gasteiger partial charge in [0.2, 0.25) is 0 Å². The van der Waals surface area contributed by atoms with Gasteiger partial charge in [0.05, 0.1) is 10.6 Å². The number of amides is 1. The van der Waals surface area contributed by atoms with Crippen LogP contribution >= 0.6 is 23.4 Å². The van der Waals surface area contributed by atoms with Crippen LogP contribution in [0.3, 0.4) is 0 Å². The lowest BCUT2D eigenvalue weighted by molar-refractivity contribution is 0.0785. The first kappa shape index (κ1) is 14.9. The average Bonchev–Trinajstić information content (AvgIpc) is 2.48. The molecule has 20 heavy (non-hydrogen) atoms. The predicted octanol–water partition coefficient (Wildman–Crippen LogP) is 4.33. The van der Waals surface area contributed by atoms with Crippen LogP contribution in [-0.4, -0.2) is 24.1 Å². The topological polar surface area (TPSA) is 20.3 Å². The third kappa shape index (κ3) is 3.56. The van der Waals surface area contributed by atoms with Crippen LogP contribution in [0.15, 0.2) is 53.4 Å². The second-order valence-electron chi connectivity index (χ2n) is 4.49. The number of hydrogen-bond acceptors (Lipinski definition) is 2. The second-order valence-corrected chi connectivity index (χ2v) is 5.78. The van der Waals surface area contributed by atoms with Gasteiger partial charge in [0.1, 0.15) is 0 Å². The van der Waals surface area contributed by atoms with Crippen molar-refractivity contribution in [2.75, 3.05) is 13.3 Å². The van der Waals surface area contributed by atoms with Crippen molar-refractivity contribution in [3.05, 3.63) is 64.7 Å². The molecule has 0 aliphatic carbocycles. The van der Waals surface area contributed by atoms with Gasteiger partial charge in [-0.25, -0.2) is 0 Å². The van der Waals surface area contributed by atoms with Crippen LogP contribution in [0.5, 0.6) is 0 Å². The highest BCUT2D eigenvalue weighted by Crippen LogP contribution is 2.24. The summed E-state index contributed by atoms with van der Waals surface area (Å²) in [5, 5.41) is 0.493. The van der Waals surface area contributed by atoms with Gasteiger partial charge in [-0.15, -0.1) is 11.8 Å². The Bertz CT molecular complexity index is 601. The molecular formula is C16H16ClNOS. The number of carbonyl (C=O) groups is 1. The molecule has 104 valence electrons. The first-order valence-corrected chi connectivity index (χ1v) is 7.85. The molecule has 2 nitrogen and oxygen atoms in total. The maximum atomic E-state index is 12.5. The molecule has 0 fully saturated rings. The van der Waals surface area contributed by atoms with Crippen LogP contribution in [0.1, 0.15) is 15.9 Å². The van der Waals surface area contributed by atoms with Gasteiger partial charge in [-0.2, -0.15) is 0 Å². The Hall–Kier alpha value is -1.45.